The van der Waals surface area contributed by atoms with E-state index in [0.29, 0.717) is 6.10 Å². The zero-order valence-corrected chi connectivity index (χ0v) is 15.2. The molecule has 2 N–H and O–H groups in total. The Morgan fingerprint density at radius 2 is 2.04 bits per heavy atom. The van der Waals surface area contributed by atoms with Gasteiger partial charge < -0.3 is 20.3 Å². The van der Waals surface area contributed by atoms with Gasteiger partial charge in [0.15, 0.2) is 0 Å². The SMILES string of the molecule is Cc1cc(N2CCC(OCCN3CCCN(C)CC3)C2)ccc1N. The van der Waals surface area contributed by atoms with Gasteiger partial charge in [-0.15, -0.1) is 0 Å². The van der Waals surface area contributed by atoms with Gasteiger partial charge in [-0.3, -0.25) is 4.90 Å². The molecule has 0 saturated carbocycles. The van der Waals surface area contributed by atoms with Gasteiger partial charge in [-0.1, -0.05) is 0 Å². The molecule has 1 aromatic rings. The Hall–Kier alpha value is -1.30. The standard InChI is InChI=1S/C19H32N4O/c1-16-14-17(4-5-19(16)20)23-9-6-18(15-23)24-13-12-22-8-3-7-21(2)10-11-22/h4-5,14,18H,3,6-13,15,20H2,1-2H3. The van der Waals surface area contributed by atoms with Crippen LogP contribution in [0.15, 0.2) is 18.2 Å². The number of benzene rings is 1. The lowest BCUT2D eigenvalue weighted by atomic mass is 10.2. The number of aryl methyl sites for hydroxylation is 1. The van der Waals surface area contributed by atoms with Crippen LogP contribution in [-0.4, -0.2) is 75.4 Å². The van der Waals surface area contributed by atoms with Gasteiger partial charge in [0.2, 0.25) is 0 Å². The van der Waals surface area contributed by atoms with Crippen LogP contribution in [0.25, 0.3) is 0 Å². The third-order valence-electron chi connectivity index (χ3n) is 5.34. The second kappa shape index (κ2) is 8.19. The molecule has 5 nitrogen and oxygen atoms in total. The van der Waals surface area contributed by atoms with Crippen molar-refractivity contribution in [1.82, 2.24) is 9.80 Å². The first kappa shape index (κ1) is 17.5. The summed E-state index contributed by atoms with van der Waals surface area (Å²) in [6.45, 7) is 10.8. The highest BCUT2D eigenvalue weighted by Gasteiger charge is 2.23. The fourth-order valence-electron chi connectivity index (χ4n) is 3.63. The van der Waals surface area contributed by atoms with Gasteiger partial charge in [0.05, 0.1) is 12.7 Å². The minimum Gasteiger partial charge on any atom is -0.399 e. The van der Waals surface area contributed by atoms with E-state index in [0.717, 1.165) is 43.9 Å². The zero-order valence-electron chi connectivity index (χ0n) is 15.2. The fraction of sp³-hybridized carbons (Fsp3) is 0.684. The molecule has 1 atom stereocenters. The first-order chi connectivity index (χ1) is 11.6. The summed E-state index contributed by atoms with van der Waals surface area (Å²) in [6, 6.07) is 6.32. The minimum absolute atomic E-state index is 0.359. The highest BCUT2D eigenvalue weighted by molar-refractivity contribution is 5.58. The summed E-state index contributed by atoms with van der Waals surface area (Å²) in [5, 5.41) is 0. The molecule has 0 spiro atoms. The number of likely N-dealkylation sites (N-methyl/N-ethyl adjacent to an activating group) is 1. The molecule has 2 fully saturated rings. The second-order valence-electron chi connectivity index (χ2n) is 7.27. The van der Waals surface area contributed by atoms with Crippen LogP contribution < -0.4 is 10.6 Å². The molecule has 0 aromatic heterocycles. The van der Waals surface area contributed by atoms with Crippen LogP contribution in [-0.2, 0) is 4.74 Å². The predicted octanol–water partition coefficient (Wildman–Crippen LogP) is 1.81. The number of hydrogen-bond donors (Lipinski definition) is 1. The number of hydrogen-bond acceptors (Lipinski definition) is 5. The monoisotopic (exact) mass is 332 g/mol. The lowest BCUT2D eigenvalue weighted by molar-refractivity contribution is 0.0510. The Bertz CT molecular complexity index is 536. The molecule has 0 aliphatic carbocycles. The molecule has 0 radical (unpaired) electrons. The van der Waals surface area contributed by atoms with Crippen molar-refractivity contribution in [3.63, 3.8) is 0 Å². The molecule has 3 rings (SSSR count). The second-order valence-corrected chi connectivity index (χ2v) is 7.27. The van der Waals surface area contributed by atoms with Gasteiger partial charge in [-0.25, -0.2) is 0 Å². The van der Waals surface area contributed by atoms with E-state index in [-0.39, 0.29) is 0 Å². The third kappa shape index (κ3) is 4.62. The fourth-order valence-corrected chi connectivity index (χ4v) is 3.63. The summed E-state index contributed by atoms with van der Waals surface area (Å²) >= 11 is 0. The number of nitrogens with zero attached hydrogens (tertiary/aromatic N) is 3. The molecule has 2 heterocycles. The van der Waals surface area contributed by atoms with Crippen molar-refractivity contribution in [2.45, 2.75) is 25.9 Å². The van der Waals surface area contributed by atoms with Gasteiger partial charge in [-0.2, -0.15) is 0 Å². The van der Waals surface area contributed by atoms with Gasteiger partial charge in [0, 0.05) is 44.1 Å². The molecule has 5 heteroatoms. The molecule has 2 saturated heterocycles. The Kier molecular flexibility index (Phi) is 5.98. The Balaban J connectivity index is 1.40. The molecule has 1 unspecified atom stereocenters. The van der Waals surface area contributed by atoms with Crippen LogP contribution in [0.1, 0.15) is 18.4 Å². The smallest absolute Gasteiger partial charge is 0.0767 e. The van der Waals surface area contributed by atoms with Gasteiger partial charge in [0.25, 0.3) is 0 Å². The van der Waals surface area contributed by atoms with E-state index in [1.54, 1.807) is 0 Å². The largest absolute Gasteiger partial charge is 0.399 e. The number of ether oxygens (including phenoxy) is 1. The first-order valence-corrected chi connectivity index (χ1v) is 9.25. The van der Waals surface area contributed by atoms with E-state index in [2.05, 4.69) is 40.8 Å². The van der Waals surface area contributed by atoms with Crippen LogP contribution in [0.5, 0.6) is 0 Å². The van der Waals surface area contributed by atoms with E-state index < -0.39 is 0 Å². The molecule has 1 aromatic carbocycles. The van der Waals surface area contributed by atoms with Crippen LogP contribution >= 0.6 is 0 Å². The maximum Gasteiger partial charge on any atom is 0.0767 e. The molecular weight excluding hydrogens is 300 g/mol. The van der Waals surface area contributed by atoms with Crippen molar-refractivity contribution in [3.05, 3.63) is 23.8 Å². The first-order valence-electron chi connectivity index (χ1n) is 9.25. The number of anilines is 2. The summed E-state index contributed by atoms with van der Waals surface area (Å²) in [5.74, 6) is 0. The van der Waals surface area contributed by atoms with E-state index >= 15 is 0 Å². The lowest BCUT2D eigenvalue weighted by Gasteiger charge is -2.22. The highest BCUT2D eigenvalue weighted by Crippen LogP contribution is 2.25. The Morgan fingerprint density at radius 1 is 1.17 bits per heavy atom. The quantitative estimate of drug-likeness (QED) is 0.833. The topological polar surface area (TPSA) is 45.0 Å². The van der Waals surface area contributed by atoms with Crippen LogP contribution in [0.2, 0.25) is 0 Å². The number of nitrogens with two attached hydrogens (primary N) is 1. The molecule has 134 valence electrons. The van der Waals surface area contributed by atoms with E-state index in [9.17, 15) is 0 Å². The number of nitrogen functional groups attached to an aromatic ring is 1. The summed E-state index contributed by atoms with van der Waals surface area (Å²) in [7, 11) is 2.21. The van der Waals surface area contributed by atoms with Crippen LogP contribution in [0, 0.1) is 6.92 Å². The van der Waals surface area contributed by atoms with E-state index in [1.807, 2.05) is 6.07 Å². The maximum absolute atomic E-state index is 6.16. The highest BCUT2D eigenvalue weighted by atomic mass is 16.5. The maximum atomic E-state index is 6.16. The van der Waals surface area contributed by atoms with Gasteiger partial charge in [-0.05, 0) is 63.7 Å². The van der Waals surface area contributed by atoms with Crippen molar-refractivity contribution < 1.29 is 4.74 Å². The molecule has 2 aliphatic rings. The normalized spacial score (nSPS) is 23.6. The Labute approximate surface area is 146 Å². The molecule has 24 heavy (non-hydrogen) atoms. The van der Waals surface area contributed by atoms with Crippen molar-refractivity contribution in [2.75, 3.05) is 70.1 Å². The molecular formula is C19H32N4O. The molecule has 0 amide bonds. The Morgan fingerprint density at radius 3 is 2.88 bits per heavy atom. The summed E-state index contributed by atoms with van der Waals surface area (Å²) in [6.07, 6.45) is 2.74. The summed E-state index contributed by atoms with van der Waals surface area (Å²) in [5.41, 5.74) is 9.21. The third-order valence-corrected chi connectivity index (χ3v) is 5.34. The summed E-state index contributed by atoms with van der Waals surface area (Å²) in [4.78, 5) is 7.38. The van der Waals surface area contributed by atoms with Gasteiger partial charge >= 0.3 is 0 Å². The van der Waals surface area contributed by atoms with Crippen molar-refractivity contribution in [3.8, 4) is 0 Å². The van der Waals surface area contributed by atoms with Crippen molar-refractivity contribution >= 4 is 11.4 Å². The predicted molar refractivity (Wildman–Crippen MR) is 101 cm³/mol. The molecule has 2 aliphatic heterocycles. The van der Waals surface area contributed by atoms with Crippen molar-refractivity contribution in [1.29, 1.82) is 0 Å². The molecule has 0 bridgehead atoms. The number of rotatable bonds is 5. The van der Waals surface area contributed by atoms with Gasteiger partial charge in [0.1, 0.15) is 0 Å². The summed E-state index contributed by atoms with van der Waals surface area (Å²) < 4.78 is 6.16. The zero-order chi connectivity index (χ0) is 16.9. The minimum atomic E-state index is 0.359. The van der Waals surface area contributed by atoms with Crippen LogP contribution in [0.3, 0.4) is 0 Å². The van der Waals surface area contributed by atoms with E-state index in [4.69, 9.17) is 10.5 Å². The average molecular weight is 332 g/mol. The average Bonchev–Trinajstić information content (AvgIpc) is 2.94. The van der Waals surface area contributed by atoms with Crippen LogP contribution in [0.4, 0.5) is 11.4 Å². The lowest BCUT2D eigenvalue weighted by Crippen LogP contribution is -2.33. The van der Waals surface area contributed by atoms with Crippen molar-refractivity contribution in [2.24, 2.45) is 0 Å². The van der Waals surface area contributed by atoms with E-state index in [1.165, 1.54) is 38.3 Å².